The number of rotatable bonds is 38. The summed E-state index contributed by atoms with van der Waals surface area (Å²) in [4.78, 5) is 66.2. The Morgan fingerprint density at radius 1 is 0.190 bits per heavy atom. The van der Waals surface area contributed by atoms with Gasteiger partial charge in [0.2, 0.25) is 29.5 Å². The largest absolute Gasteiger partial charge is 0.394 e. The quantitative estimate of drug-likeness (QED) is 0.0273. The molecule has 0 aromatic heterocycles. The van der Waals surface area contributed by atoms with Gasteiger partial charge in [0.25, 0.3) is 0 Å². The molecule has 0 spiro atoms. The van der Waals surface area contributed by atoms with E-state index in [4.69, 9.17) is 109 Å². The van der Waals surface area contributed by atoms with Crippen LogP contribution in [0.1, 0.15) is 41.5 Å². The lowest BCUT2D eigenvalue weighted by Crippen LogP contribution is -2.72. The molecule has 60 atom stereocenters. The van der Waals surface area contributed by atoms with Crippen LogP contribution in [-0.2, 0) is 133 Å². The van der Waals surface area contributed by atoms with Gasteiger partial charge >= 0.3 is 0 Å². The lowest BCUT2D eigenvalue weighted by molar-refractivity contribution is -0.409. The van der Waals surface area contributed by atoms with Crippen LogP contribution in [0.15, 0.2) is 0 Å². The summed E-state index contributed by atoms with van der Waals surface area (Å²) in [6.07, 6.45) is -121. The molecule has 0 aromatic rings. The van der Waals surface area contributed by atoms with Gasteiger partial charge in [-0.25, -0.2) is 0 Å². The van der Waals surface area contributed by atoms with Crippen molar-refractivity contribution in [1.29, 1.82) is 0 Å². The second-order valence-electron chi connectivity index (χ2n) is 37.3. The van der Waals surface area contributed by atoms with Gasteiger partial charge in [0.1, 0.15) is 287 Å². The molecule has 12 saturated heterocycles. The summed E-state index contributed by atoms with van der Waals surface area (Å²) in [6, 6.07) is -10.2. The van der Waals surface area contributed by atoms with Crippen LogP contribution in [-0.4, -0.2) is 634 Å². The number of hydrogen-bond acceptors (Lipinski definition) is 60. The molecule has 0 radical (unpaired) electrons. The van der Waals surface area contributed by atoms with E-state index in [1.165, 1.54) is 6.92 Å². The monoisotopic (exact) mass is 2150 g/mol. The van der Waals surface area contributed by atoms with E-state index in [1.54, 1.807) is 0 Å². The van der Waals surface area contributed by atoms with Crippen molar-refractivity contribution in [3.63, 3.8) is 0 Å². The van der Waals surface area contributed by atoms with Crippen LogP contribution in [0, 0.1) is 0 Å². The van der Waals surface area contributed by atoms with Crippen LogP contribution in [0.4, 0.5) is 0 Å². The molecule has 0 bridgehead atoms. The molecule has 12 rings (SSSR count). The van der Waals surface area contributed by atoms with Crippen LogP contribution in [0.25, 0.3) is 0 Å². The number of aliphatic hydroxyl groups is 32. The Balaban J connectivity index is 0.952. The first-order valence-corrected chi connectivity index (χ1v) is 47.0. The minimum absolute atomic E-state index is 0.843. The summed E-state index contributed by atoms with van der Waals surface area (Å²) in [6.45, 7) is -7.70. The van der Waals surface area contributed by atoms with Crippen molar-refractivity contribution in [2.45, 2.75) is 410 Å². The summed E-state index contributed by atoms with van der Waals surface area (Å²) in [7, 11) is 0. The van der Waals surface area contributed by atoms with Gasteiger partial charge in [0.05, 0.1) is 78.8 Å². The summed E-state index contributed by atoms with van der Waals surface area (Å²) < 4.78 is 140. The number of amides is 5. The molecule has 12 heterocycles. The maximum Gasteiger partial charge on any atom is 0.217 e. The summed E-state index contributed by atoms with van der Waals surface area (Å²) in [5.41, 5.74) is 0. The highest BCUT2D eigenvalue weighted by Crippen LogP contribution is 2.44. The highest BCUT2D eigenvalue weighted by molar-refractivity contribution is 5.75. The van der Waals surface area contributed by atoms with Crippen LogP contribution < -0.4 is 26.6 Å². The molecule has 0 aliphatic carbocycles. The third-order valence-corrected chi connectivity index (χ3v) is 27.1. The second kappa shape index (κ2) is 52.8. The summed E-state index contributed by atoms with van der Waals surface area (Å²) in [5.74, 6) is -5.06. The highest BCUT2D eigenvalue weighted by Gasteiger charge is 2.65. The average molecular weight is 2150 g/mol. The Kier molecular flexibility index (Phi) is 43.4. The molecule has 0 saturated carbocycles. The maximum atomic E-state index is 13.8. The minimum Gasteiger partial charge on any atom is -0.394 e. The van der Waals surface area contributed by atoms with Gasteiger partial charge in [-0.15, -0.1) is 0 Å². The number of carbonyl (C=O) groups is 5. The van der Waals surface area contributed by atoms with Crippen molar-refractivity contribution in [2.75, 3.05) is 72.7 Å². The molecule has 65 heteroatoms. The third-order valence-electron chi connectivity index (χ3n) is 27.1. The van der Waals surface area contributed by atoms with Crippen LogP contribution in [0.2, 0.25) is 0 Å². The predicted octanol–water partition coefficient (Wildman–Crippen LogP) is -25.4. The van der Waals surface area contributed by atoms with E-state index in [2.05, 4.69) is 26.6 Å². The van der Waals surface area contributed by atoms with Crippen molar-refractivity contribution in [3.8, 4) is 0 Å². The summed E-state index contributed by atoms with van der Waals surface area (Å²) in [5, 5.41) is 375. The van der Waals surface area contributed by atoms with Gasteiger partial charge in [-0.05, 0) is 6.92 Å². The molecule has 850 valence electrons. The van der Waals surface area contributed by atoms with E-state index in [0.29, 0.717) is 0 Å². The molecule has 12 fully saturated rings. The molecule has 65 nitrogen and oxygen atoms in total. The predicted molar refractivity (Wildman–Crippen MR) is 452 cm³/mol. The highest BCUT2D eigenvalue weighted by atomic mass is 16.8. The number of hydrogen-bond donors (Lipinski definition) is 37. The van der Waals surface area contributed by atoms with Crippen molar-refractivity contribution in [2.24, 2.45) is 0 Å². The molecule has 37 N–H and O–H groups in total. The molecule has 1 unspecified atom stereocenters. The van der Waals surface area contributed by atoms with E-state index >= 15 is 0 Å². The van der Waals surface area contributed by atoms with Gasteiger partial charge < -0.3 is 299 Å². The van der Waals surface area contributed by atoms with Gasteiger partial charge in [-0.3, -0.25) is 24.0 Å². The van der Waals surface area contributed by atoms with Crippen molar-refractivity contribution in [3.05, 3.63) is 0 Å². The summed E-state index contributed by atoms with van der Waals surface area (Å²) >= 11 is 0. The average Bonchev–Trinajstić information content (AvgIpc) is 0.754. The molecular formula is C82H137N5O60. The molecule has 0 aromatic carbocycles. The van der Waals surface area contributed by atoms with E-state index < -0.39 is 470 Å². The van der Waals surface area contributed by atoms with E-state index in [1.807, 2.05) is 0 Å². The first-order chi connectivity index (χ1) is 69.6. The third kappa shape index (κ3) is 26.7. The van der Waals surface area contributed by atoms with Crippen molar-refractivity contribution in [1.82, 2.24) is 26.6 Å². The zero-order valence-corrected chi connectivity index (χ0v) is 79.2. The number of aliphatic hydroxyl groups excluding tert-OH is 32. The second-order valence-corrected chi connectivity index (χ2v) is 37.3. The Morgan fingerprint density at radius 3 is 0.796 bits per heavy atom. The van der Waals surface area contributed by atoms with Crippen molar-refractivity contribution >= 4 is 29.5 Å². The first-order valence-electron chi connectivity index (χ1n) is 47.0. The zero-order valence-electron chi connectivity index (χ0n) is 79.2. The number of nitrogens with one attached hydrogen (secondary N) is 5. The molecule has 12 aliphatic rings. The Hall–Kier alpha value is -4.85. The van der Waals surface area contributed by atoms with Crippen molar-refractivity contribution < 1.29 is 296 Å². The van der Waals surface area contributed by atoms with Gasteiger partial charge in [-0.1, -0.05) is 0 Å². The Bertz CT molecular complexity index is 4110. The molecule has 5 amide bonds. The normalized spacial score (nSPS) is 49.6. The van der Waals surface area contributed by atoms with Gasteiger partial charge in [0, 0.05) is 34.6 Å². The molecular weight excluding hydrogens is 2010 g/mol. The van der Waals surface area contributed by atoms with Crippen LogP contribution in [0.5, 0.6) is 0 Å². The molecule has 12 aliphatic heterocycles. The SMILES string of the molecule is CC(=O)N[C@H]1[C@H](O[C@H]2[C@H](O)[C@@H](NC(C)=O)C(O)O[C@@H]2CO)O[C@H](CO)[C@@H](O[C@@H]2O[C@H](CO[C@H]3O[C@H](CO)[C@@H](O)[C@H](O)[C@@H]3O[C@@H]3O[C@H](CO)[C@@H](O[C@@H]4O[C@H](CO)[C@H](O)[C@H](O)[C@H]4O)[C@H](O)[C@H]3NC(C)=O)[C@@H](O)[C@H](O[C@H]3O[C@H](CO)[C@@H](O[C@@H]4O[C@H](CO)[C@@H](O[C@@H]5O[C@H](CO)[C@H](O)[C@H](O)[C@H]5O)[C@H](O[C@@H]5O[C@@H](C)[C@@H](O)[C@@H](O)[C@@H]5O)[C@H]4NC(C)=O)[C@H](O)[C@@H]3O[C@@H]3O[C@H](CO)[C@@H](O[C@@H]4O[C@H](CO)[C@H](O)[C@H](O)[C@H]4O)[C@H](O)[C@H]3NC(C)=O)[C@@H]2O)[C@@H]1O. The maximum absolute atomic E-state index is 13.8. The van der Waals surface area contributed by atoms with E-state index in [-0.39, 0.29) is 0 Å². The molecule has 147 heavy (non-hydrogen) atoms. The minimum atomic E-state index is -2.81. The topological polar surface area (TPSA) is 1010 Å². The van der Waals surface area contributed by atoms with E-state index in [0.717, 1.165) is 34.6 Å². The standard InChI is InChI=1S/C82H137N5O60/c1-18-40(103)50(113)55(118)76(126-18)144-67-39(87-23(6)102)75(135-33(16-97)66(67)143-79-58(121)53(116)43(106)26(9-90)130-79)139-65-32(15-96)136-82(70(59(65)122)147-74-38(86-22(5)101)49(112)63(30(13-94)134-74)141-78-57(120)52(115)42(105)25(8-89)129-78)145-68-45(108)34(137-80(60(68)123)142-64-31(14-95)132-72(36(47(64)110)84-20(3)99)138-61-28(11-92)127-71(124)35(46(61)109)83-19(2)98)17-125-81-69(54(117)44(107)27(10-91)131-81)146-73-37(85-21(4)100)48(111)62(29(12-93)133-73)140-77-56(119)51(114)41(104)24(7-88)128-77/h18,24-82,88-97,103-124H,7-17H2,1-6H3,(H,83,98)(H,84,99)(H,85,100)(H,86,101)(H,87,102)/t18-,24+,25+,26+,27+,28+,29+,30+,31+,32+,33+,34+,35+,36+,37+,38+,39+,40+,41-,42-,43-,44+,45+,46+,47+,48+,49+,50+,51-,52-,53-,54-,55-,56+,57+,58+,59-,60-,61+,62+,63+,64+,65+,66+,67+,68-,69-,70-,71?,72-,73-,74-,75-,76-,77-,78-,79-,80-,81-,82+/m0/s1. The Morgan fingerprint density at radius 2 is 0.429 bits per heavy atom. The number of ether oxygens (including phenoxy) is 23. The van der Waals surface area contributed by atoms with E-state index in [9.17, 15) is 187 Å². The fraction of sp³-hybridized carbons (Fsp3) is 0.939. The first kappa shape index (κ1) is 121. The fourth-order valence-electron chi connectivity index (χ4n) is 19.3. The fourth-order valence-corrected chi connectivity index (χ4v) is 19.3. The van der Waals surface area contributed by atoms with Crippen LogP contribution >= 0.6 is 0 Å². The lowest BCUT2D eigenvalue weighted by atomic mass is 9.93. The van der Waals surface area contributed by atoms with Crippen LogP contribution in [0.3, 0.4) is 0 Å². The van der Waals surface area contributed by atoms with Gasteiger partial charge in [0.15, 0.2) is 75.5 Å². The smallest absolute Gasteiger partial charge is 0.217 e. The van der Waals surface area contributed by atoms with Gasteiger partial charge in [-0.2, -0.15) is 0 Å². The lowest BCUT2D eigenvalue weighted by Gasteiger charge is -2.53. The zero-order chi connectivity index (χ0) is 108. The number of carbonyl (C=O) groups excluding carboxylic acids is 5. The Labute approximate surface area is 832 Å².